The Morgan fingerprint density at radius 1 is 0.889 bits per heavy atom. The third-order valence-corrected chi connectivity index (χ3v) is 6.42. The highest BCUT2D eigenvalue weighted by atomic mass is 19.1. The van der Waals surface area contributed by atoms with E-state index in [-0.39, 0.29) is 5.82 Å². The molecule has 4 heterocycles. The van der Waals surface area contributed by atoms with Gasteiger partial charge in [0.1, 0.15) is 17.2 Å². The zero-order valence-electron chi connectivity index (χ0n) is 19.4. The molecule has 3 aromatic heterocycles. The number of fused-ring (bicyclic) bond motifs is 1. The maximum absolute atomic E-state index is 13.3. The van der Waals surface area contributed by atoms with Crippen molar-refractivity contribution in [1.82, 2.24) is 30.1 Å². The van der Waals surface area contributed by atoms with Gasteiger partial charge in [-0.05, 0) is 72.7 Å². The van der Waals surface area contributed by atoms with Gasteiger partial charge in [0, 0.05) is 36.4 Å². The molecule has 1 N–H and O–H groups in total. The van der Waals surface area contributed by atoms with Crippen molar-refractivity contribution < 1.29 is 4.39 Å². The van der Waals surface area contributed by atoms with Crippen molar-refractivity contribution in [2.45, 2.75) is 18.8 Å². The van der Waals surface area contributed by atoms with E-state index >= 15 is 0 Å². The summed E-state index contributed by atoms with van der Waals surface area (Å²) in [6, 6.07) is 16.3. The largest absolute Gasteiger partial charge is 0.341 e. The van der Waals surface area contributed by atoms with Crippen molar-refractivity contribution in [3.05, 3.63) is 95.8 Å². The second-order valence-corrected chi connectivity index (χ2v) is 8.74. The van der Waals surface area contributed by atoms with Gasteiger partial charge in [-0.15, -0.1) is 0 Å². The van der Waals surface area contributed by atoms with Gasteiger partial charge >= 0.3 is 0 Å². The maximum Gasteiger partial charge on any atom is 0.225 e. The highest BCUT2D eigenvalue weighted by Gasteiger charge is 2.22. The Labute approximate surface area is 207 Å². The number of aromatic amines is 1. The third kappa shape index (κ3) is 4.64. The number of halogens is 1. The fourth-order valence-corrected chi connectivity index (χ4v) is 4.48. The smallest absolute Gasteiger partial charge is 0.225 e. The molecule has 1 aliphatic rings. The molecular formula is C28H22FN7. The lowest BCUT2D eigenvalue weighted by Crippen LogP contribution is -2.34. The summed E-state index contributed by atoms with van der Waals surface area (Å²) in [7, 11) is 0. The van der Waals surface area contributed by atoms with Crippen LogP contribution in [-0.4, -0.2) is 43.2 Å². The number of rotatable bonds is 3. The predicted molar refractivity (Wildman–Crippen MR) is 136 cm³/mol. The molecule has 0 spiro atoms. The van der Waals surface area contributed by atoms with Crippen LogP contribution in [-0.2, 0) is 0 Å². The minimum absolute atomic E-state index is 0.200. The Morgan fingerprint density at radius 2 is 1.72 bits per heavy atom. The van der Waals surface area contributed by atoms with Crippen LogP contribution < -0.4 is 4.90 Å². The Hall–Kier alpha value is -4.64. The Bertz CT molecular complexity index is 1580. The monoisotopic (exact) mass is 475 g/mol. The van der Waals surface area contributed by atoms with Crippen LogP contribution in [0, 0.1) is 17.7 Å². The fraction of sp³-hybridized carbons (Fsp3) is 0.179. The molecule has 5 aromatic rings. The zero-order chi connectivity index (χ0) is 24.3. The average Bonchev–Trinajstić information content (AvgIpc) is 3.41. The van der Waals surface area contributed by atoms with Crippen molar-refractivity contribution in [3.63, 3.8) is 0 Å². The minimum Gasteiger partial charge on any atom is -0.341 e. The van der Waals surface area contributed by atoms with Gasteiger partial charge in [0.05, 0.1) is 11.7 Å². The molecule has 0 radical (unpaired) electrons. The van der Waals surface area contributed by atoms with E-state index in [1.54, 1.807) is 24.7 Å². The normalized spacial score (nSPS) is 14.0. The molecular weight excluding hydrogens is 453 g/mol. The van der Waals surface area contributed by atoms with E-state index in [2.05, 4.69) is 41.9 Å². The quantitative estimate of drug-likeness (QED) is 0.380. The molecule has 176 valence electrons. The lowest BCUT2D eigenvalue weighted by atomic mass is 9.89. The number of H-pyrrole nitrogens is 1. The highest BCUT2D eigenvalue weighted by Crippen LogP contribution is 2.29. The minimum atomic E-state index is -0.200. The molecule has 0 unspecified atom stereocenters. The molecule has 0 saturated carbocycles. The molecule has 1 saturated heterocycles. The van der Waals surface area contributed by atoms with Gasteiger partial charge in [-0.1, -0.05) is 18.1 Å². The average molecular weight is 476 g/mol. The van der Waals surface area contributed by atoms with Crippen molar-refractivity contribution >= 4 is 16.9 Å². The summed E-state index contributed by atoms with van der Waals surface area (Å²) in [6.07, 6.45) is 7.14. The second kappa shape index (κ2) is 9.55. The summed E-state index contributed by atoms with van der Waals surface area (Å²) in [5.41, 5.74) is 4.32. The number of hydrogen-bond acceptors (Lipinski definition) is 6. The predicted octanol–water partition coefficient (Wildman–Crippen LogP) is 4.73. The van der Waals surface area contributed by atoms with Crippen LogP contribution in [0.2, 0.25) is 0 Å². The molecule has 7 nitrogen and oxygen atoms in total. The Balaban J connectivity index is 1.17. The SMILES string of the molecule is Fc1ccc(C2CCN(c3nccc(-c4nccc(C#Cc5ccc6[nH]ncc6c5)n4)n3)CC2)cc1. The van der Waals surface area contributed by atoms with E-state index in [0.29, 0.717) is 29.1 Å². The van der Waals surface area contributed by atoms with Crippen LogP contribution >= 0.6 is 0 Å². The van der Waals surface area contributed by atoms with Crippen molar-refractivity contribution in [1.29, 1.82) is 0 Å². The molecule has 0 aliphatic carbocycles. The number of benzene rings is 2. The van der Waals surface area contributed by atoms with Gasteiger partial charge in [0.2, 0.25) is 5.95 Å². The summed E-state index contributed by atoms with van der Waals surface area (Å²) in [6.45, 7) is 1.66. The number of anilines is 1. The summed E-state index contributed by atoms with van der Waals surface area (Å²) in [5.74, 6) is 7.67. The molecule has 0 atom stereocenters. The van der Waals surface area contributed by atoms with Gasteiger partial charge in [0.15, 0.2) is 5.82 Å². The number of nitrogens with one attached hydrogen (secondary N) is 1. The molecule has 6 rings (SSSR count). The first kappa shape index (κ1) is 21.9. The van der Waals surface area contributed by atoms with Crippen molar-refractivity contribution in [3.8, 4) is 23.4 Å². The molecule has 2 aromatic carbocycles. The number of aromatic nitrogens is 6. The maximum atomic E-state index is 13.3. The van der Waals surface area contributed by atoms with Crippen LogP contribution in [0.1, 0.15) is 35.6 Å². The van der Waals surface area contributed by atoms with E-state index < -0.39 is 0 Å². The van der Waals surface area contributed by atoms with Gasteiger partial charge in [-0.25, -0.2) is 24.3 Å². The van der Waals surface area contributed by atoms with Gasteiger partial charge in [0.25, 0.3) is 0 Å². The summed E-state index contributed by atoms with van der Waals surface area (Å²) in [5, 5.41) is 8.00. The van der Waals surface area contributed by atoms with E-state index in [1.165, 1.54) is 17.7 Å². The van der Waals surface area contributed by atoms with Crippen molar-refractivity contribution in [2.24, 2.45) is 0 Å². The molecule has 0 bridgehead atoms. The third-order valence-electron chi connectivity index (χ3n) is 6.42. The first-order valence-electron chi connectivity index (χ1n) is 11.8. The van der Waals surface area contributed by atoms with Crippen molar-refractivity contribution in [2.75, 3.05) is 18.0 Å². The molecule has 1 fully saturated rings. The first-order chi connectivity index (χ1) is 17.7. The molecule has 36 heavy (non-hydrogen) atoms. The van der Waals surface area contributed by atoms with E-state index in [0.717, 1.165) is 42.4 Å². The van der Waals surface area contributed by atoms with E-state index in [1.807, 2.05) is 36.4 Å². The lowest BCUT2D eigenvalue weighted by Gasteiger charge is -2.32. The van der Waals surface area contributed by atoms with Crippen LogP contribution in [0.4, 0.5) is 10.3 Å². The first-order valence-corrected chi connectivity index (χ1v) is 11.8. The Morgan fingerprint density at radius 3 is 2.58 bits per heavy atom. The van der Waals surface area contributed by atoms with Crippen LogP contribution in [0.25, 0.3) is 22.4 Å². The number of hydrogen-bond donors (Lipinski definition) is 1. The van der Waals surface area contributed by atoms with Crippen LogP contribution in [0.5, 0.6) is 0 Å². The molecule has 1 aliphatic heterocycles. The summed E-state index contributed by atoms with van der Waals surface area (Å²) in [4.78, 5) is 20.4. The standard InChI is InChI=1S/C28H22FN7/c29-23-5-3-20(4-6-23)21-11-15-36(16-12-21)28-31-14-10-26(34-28)27-30-13-9-24(33-27)7-1-19-2-8-25-22(17-19)18-32-35-25/h2-6,8-10,13-14,17-18,21H,11-12,15-16H2,(H,32,35). The molecule has 0 amide bonds. The van der Waals surface area contributed by atoms with Crippen LogP contribution in [0.3, 0.4) is 0 Å². The van der Waals surface area contributed by atoms with Gasteiger partial charge < -0.3 is 4.90 Å². The van der Waals surface area contributed by atoms with E-state index in [4.69, 9.17) is 4.98 Å². The zero-order valence-corrected chi connectivity index (χ0v) is 19.4. The van der Waals surface area contributed by atoms with Gasteiger partial charge in [-0.3, -0.25) is 5.10 Å². The molecule has 8 heteroatoms. The highest BCUT2D eigenvalue weighted by molar-refractivity contribution is 5.79. The number of nitrogens with zero attached hydrogens (tertiary/aromatic N) is 6. The van der Waals surface area contributed by atoms with Crippen LogP contribution in [0.15, 0.2) is 73.2 Å². The topological polar surface area (TPSA) is 83.5 Å². The summed E-state index contributed by atoms with van der Waals surface area (Å²) >= 11 is 0. The Kier molecular flexibility index (Phi) is 5.80. The van der Waals surface area contributed by atoms with Gasteiger partial charge in [-0.2, -0.15) is 5.10 Å². The summed E-state index contributed by atoms with van der Waals surface area (Å²) < 4.78 is 13.3. The van der Waals surface area contributed by atoms with E-state index in [9.17, 15) is 4.39 Å². The fourth-order valence-electron chi connectivity index (χ4n) is 4.48. The second-order valence-electron chi connectivity index (χ2n) is 8.74. The number of piperidine rings is 1. The lowest BCUT2D eigenvalue weighted by molar-refractivity contribution is 0.498.